The predicted molar refractivity (Wildman–Crippen MR) is 230 cm³/mol. The van der Waals surface area contributed by atoms with Crippen LogP contribution >= 0.6 is 0 Å². The number of rotatable bonds is 13. The molecule has 10 nitrogen and oxygen atoms in total. The first-order valence-corrected chi connectivity index (χ1v) is 21.3. The second kappa shape index (κ2) is 16.8. The van der Waals surface area contributed by atoms with Gasteiger partial charge in [0.25, 0.3) is 0 Å². The Morgan fingerprint density at radius 3 is 1.51 bits per heavy atom. The van der Waals surface area contributed by atoms with Crippen LogP contribution in [0.1, 0.15) is 187 Å². The average Bonchev–Trinajstić information content (AvgIpc) is 2.91. The molecule has 4 N–H and O–H groups in total. The number of nitrogens with one attached hydrogen (secondary N) is 3. The minimum absolute atomic E-state index is 0.178. The molecule has 0 aliphatic carbocycles. The molecule has 326 valence electrons. The number of ether oxygens (including phenoxy) is 3. The fraction of sp³-hybridized carbons (Fsp3) is 0.809. The molecule has 1 aromatic rings. The Labute approximate surface area is 346 Å². The Hall–Kier alpha value is -2.69. The van der Waals surface area contributed by atoms with E-state index in [0.717, 1.165) is 0 Å². The number of phenols is 1. The van der Waals surface area contributed by atoms with Crippen LogP contribution in [0.15, 0.2) is 12.1 Å². The Bertz CT molecular complexity index is 1540. The molecule has 0 radical (unpaired) electrons. The quantitative estimate of drug-likeness (QED) is 0.0872. The van der Waals surface area contributed by atoms with Gasteiger partial charge in [-0.3, -0.25) is 14.4 Å². The van der Waals surface area contributed by atoms with Gasteiger partial charge in [-0.2, -0.15) is 0 Å². The zero-order chi connectivity index (χ0) is 44.0. The van der Waals surface area contributed by atoms with E-state index in [9.17, 15) is 9.90 Å². The summed E-state index contributed by atoms with van der Waals surface area (Å²) in [6.07, 6.45) is 0.310. The topological polar surface area (TPSA) is 135 Å². The van der Waals surface area contributed by atoms with Crippen molar-refractivity contribution in [2.45, 2.75) is 239 Å². The average molecular weight is 800 g/mol. The van der Waals surface area contributed by atoms with Gasteiger partial charge in [0.05, 0.1) is 6.42 Å². The van der Waals surface area contributed by atoms with E-state index < -0.39 is 64.4 Å². The van der Waals surface area contributed by atoms with Crippen LogP contribution < -0.4 is 16.0 Å². The van der Waals surface area contributed by atoms with Gasteiger partial charge in [-0.05, 0) is 110 Å². The maximum atomic E-state index is 15.3. The second-order valence-corrected chi connectivity index (χ2v) is 23.3. The zero-order valence-electron chi connectivity index (χ0n) is 39.3. The summed E-state index contributed by atoms with van der Waals surface area (Å²) in [4.78, 5) is 44.9. The minimum Gasteiger partial charge on any atom is -0.507 e. The van der Waals surface area contributed by atoms with Crippen molar-refractivity contribution in [2.75, 3.05) is 0 Å². The summed E-state index contributed by atoms with van der Waals surface area (Å²) < 4.78 is 19.0. The number of phenolic OH excluding ortho intramolecular Hbond substituents is 1. The summed E-state index contributed by atoms with van der Waals surface area (Å²) in [5.41, 5.74) is -2.79. The number of piperidine rings is 2. The summed E-state index contributed by atoms with van der Waals surface area (Å²) in [5, 5.41) is 22.5. The SMILES string of the molecule is CC(C)NC(C)(C)CC(C)OC(=O)C(CC(=O)OC1CC(C)(C)NC(C)(C)C1)(Cc1cc(C(C)(C)C)c(O)c(C(C)(C)C)c1)C(=O)OC1CC(C)(C)NC(C)(C)C1. The highest BCUT2D eigenvalue weighted by molar-refractivity contribution is 6.03. The Morgan fingerprint density at radius 1 is 0.719 bits per heavy atom. The number of aromatic hydroxyl groups is 1. The lowest BCUT2D eigenvalue weighted by Gasteiger charge is -2.46. The van der Waals surface area contributed by atoms with Crippen molar-refractivity contribution in [3.05, 3.63) is 28.8 Å². The third-order valence-corrected chi connectivity index (χ3v) is 11.2. The molecule has 2 fully saturated rings. The zero-order valence-corrected chi connectivity index (χ0v) is 39.3. The normalized spacial score (nSPS) is 21.7. The molecule has 0 amide bonds. The van der Waals surface area contributed by atoms with Crippen LogP contribution in [0.25, 0.3) is 0 Å². The van der Waals surface area contributed by atoms with E-state index in [-0.39, 0.29) is 40.4 Å². The first kappa shape index (κ1) is 48.7. The van der Waals surface area contributed by atoms with Crippen LogP contribution in [0.2, 0.25) is 0 Å². The number of esters is 3. The van der Waals surface area contributed by atoms with E-state index in [1.165, 1.54) is 0 Å². The highest BCUT2D eigenvalue weighted by Gasteiger charge is 2.54. The molecule has 10 heteroatoms. The number of hydrogen-bond donors (Lipinski definition) is 4. The molecule has 2 atom stereocenters. The van der Waals surface area contributed by atoms with Gasteiger partial charge in [-0.15, -0.1) is 0 Å². The van der Waals surface area contributed by atoms with Gasteiger partial charge in [0.15, 0.2) is 5.41 Å². The largest absolute Gasteiger partial charge is 0.507 e. The molecule has 2 saturated heterocycles. The molecule has 1 aromatic carbocycles. The lowest BCUT2D eigenvalue weighted by Crippen LogP contribution is -2.60. The Balaban J connectivity index is 2.26. The number of carbonyl (C=O) groups is 3. The Kier molecular flexibility index (Phi) is 14.3. The molecule has 0 aromatic heterocycles. The maximum absolute atomic E-state index is 15.3. The van der Waals surface area contributed by atoms with Crippen molar-refractivity contribution in [2.24, 2.45) is 5.41 Å². The summed E-state index contributed by atoms with van der Waals surface area (Å²) >= 11 is 0. The van der Waals surface area contributed by atoms with E-state index in [1.807, 2.05) is 60.6 Å². The van der Waals surface area contributed by atoms with Crippen LogP contribution in [-0.4, -0.2) is 75.1 Å². The maximum Gasteiger partial charge on any atom is 0.324 e. The third-order valence-electron chi connectivity index (χ3n) is 11.2. The molecule has 2 unspecified atom stereocenters. The van der Waals surface area contributed by atoms with Gasteiger partial charge in [-0.1, -0.05) is 67.5 Å². The van der Waals surface area contributed by atoms with E-state index in [4.69, 9.17) is 14.2 Å². The van der Waals surface area contributed by atoms with Crippen molar-refractivity contribution in [1.29, 1.82) is 0 Å². The Morgan fingerprint density at radius 2 is 1.12 bits per heavy atom. The number of benzene rings is 1. The third kappa shape index (κ3) is 13.7. The van der Waals surface area contributed by atoms with Gasteiger partial charge < -0.3 is 35.3 Å². The standard InChI is InChI=1S/C47H81N3O7/c1-29(2)48-42(10,11)22-30(3)55-38(53)47(39(54)57-33-26-45(16,17)50-46(18,19)27-33,28-36(51)56-32-24-43(12,13)49-44(14,15)25-32)23-31-20-34(40(4,5)6)37(52)35(21-31)41(7,8)9/h20-21,29-30,32-33,48-50,52H,22-28H2,1-19H3. The van der Waals surface area contributed by atoms with Crippen LogP contribution in [0.4, 0.5) is 0 Å². The minimum atomic E-state index is -2.10. The molecule has 3 rings (SSSR count). The van der Waals surface area contributed by atoms with Gasteiger partial charge in [0.1, 0.15) is 24.1 Å². The molecule has 2 heterocycles. The first-order chi connectivity index (χ1) is 25.5. The van der Waals surface area contributed by atoms with Crippen molar-refractivity contribution in [3.8, 4) is 5.75 Å². The van der Waals surface area contributed by atoms with E-state index in [2.05, 4.69) is 99.0 Å². The molecular formula is C47H81N3O7. The molecular weight excluding hydrogens is 719 g/mol. The van der Waals surface area contributed by atoms with Crippen molar-refractivity contribution < 1.29 is 33.7 Å². The van der Waals surface area contributed by atoms with Gasteiger partial charge >= 0.3 is 17.9 Å². The number of hydrogen-bond acceptors (Lipinski definition) is 10. The van der Waals surface area contributed by atoms with E-state index in [1.54, 1.807) is 0 Å². The molecule has 0 saturated carbocycles. The summed E-state index contributed by atoms with van der Waals surface area (Å²) in [5.74, 6) is -2.10. The lowest BCUT2D eigenvalue weighted by molar-refractivity contribution is -0.186. The first-order valence-electron chi connectivity index (χ1n) is 21.3. The van der Waals surface area contributed by atoms with E-state index >= 15 is 9.59 Å². The highest BCUT2D eigenvalue weighted by Crippen LogP contribution is 2.43. The van der Waals surface area contributed by atoms with Gasteiger partial charge in [0.2, 0.25) is 0 Å². The summed E-state index contributed by atoms with van der Waals surface area (Å²) in [6.45, 7) is 38.8. The van der Waals surface area contributed by atoms with Crippen LogP contribution in [-0.2, 0) is 45.8 Å². The van der Waals surface area contributed by atoms with Crippen molar-refractivity contribution in [1.82, 2.24) is 16.0 Å². The van der Waals surface area contributed by atoms with Crippen LogP contribution in [0, 0.1) is 5.41 Å². The molecule has 0 bridgehead atoms. The number of carbonyl (C=O) groups excluding carboxylic acids is 3. The van der Waals surface area contributed by atoms with Crippen molar-refractivity contribution in [3.63, 3.8) is 0 Å². The molecule has 2 aliphatic heterocycles. The van der Waals surface area contributed by atoms with Gasteiger partial charge in [-0.25, -0.2) is 0 Å². The fourth-order valence-electron chi connectivity index (χ4n) is 9.98. The van der Waals surface area contributed by atoms with Crippen LogP contribution in [0.5, 0.6) is 5.75 Å². The summed E-state index contributed by atoms with van der Waals surface area (Å²) in [7, 11) is 0. The lowest BCUT2D eigenvalue weighted by atomic mass is 9.73. The summed E-state index contributed by atoms with van der Waals surface area (Å²) in [6, 6.07) is 3.91. The molecule has 57 heavy (non-hydrogen) atoms. The van der Waals surface area contributed by atoms with Gasteiger partial charge in [0, 0.05) is 65.8 Å². The molecule has 0 spiro atoms. The highest BCUT2D eigenvalue weighted by atomic mass is 16.6. The predicted octanol–water partition coefficient (Wildman–Crippen LogP) is 8.71. The fourth-order valence-corrected chi connectivity index (χ4v) is 9.98. The monoisotopic (exact) mass is 800 g/mol. The van der Waals surface area contributed by atoms with E-state index in [0.29, 0.717) is 48.8 Å². The molecule has 2 aliphatic rings. The van der Waals surface area contributed by atoms with Crippen molar-refractivity contribution >= 4 is 17.9 Å². The second-order valence-electron chi connectivity index (χ2n) is 23.3. The van der Waals surface area contributed by atoms with Crippen LogP contribution in [0.3, 0.4) is 0 Å². The smallest absolute Gasteiger partial charge is 0.324 e.